The number of nitrogens with one attached hydrogen (secondary N) is 1. The van der Waals surface area contributed by atoms with Crippen molar-refractivity contribution >= 4 is 11.7 Å². The molecule has 0 spiro atoms. The number of halogens is 3. The lowest BCUT2D eigenvalue weighted by Gasteiger charge is -2.09. The fraction of sp³-hybridized carbons (Fsp3) is 0.200. The van der Waals surface area contributed by atoms with E-state index < -0.39 is 11.7 Å². The highest BCUT2D eigenvalue weighted by Crippen LogP contribution is 2.29. The van der Waals surface area contributed by atoms with E-state index in [-0.39, 0.29) is 12.3 Å². The number of hydrogen-bond donors (Lipinski definition) is 1. The standard InChI is InChI=1S/C15H13F3N2O/c1-10-3-2-8-19-14(10)20-13(21)9-11-4-6-12(7-5-11)15(16,17)18/h2-8H,9H2,1H3,(H,19,20,21). The van der Waals surface area contributed by atoms with Crippen molar-refractivity contribution in [3.8, 4) is 0 Å². The highest BCUT2D eigenvalue weighted by Gasteiger charge is 2.29. The number of anilines is 1. The highest BCUT2D eigenvalue weighted by molar-refractivity contribution is 5.91. The van der Waals surface area contributed by atoms with Crippen LogP contribution in [0.2, 0.25) is 0 Å². The molecule has 1 aromatic heterocycles. The summed E-state index contributed by atoms with van der Waals surface area (Å²) in [6, 6.07) is 8.09. The molecule has 0 unspecified atom stereocenters. The molecule has 3 nitrogen and oxygen atoms in total. The van der Waals surface area contributed by atoms with Crippen LogP contribution in [-0.2, 0) is 17.4 Å². The van der Waals surface area contributed by atoms with Gasteiger partial charge in [-0.1, -0.05) is 18.2 Å². The summed E-state index contributed by atoms with van der Waals surface area (Å²) < 4.78 is 37.3. The Morgan fingerprint density at radius 1 is 1.19 bits per heavy atom. The fourth-order valence-electron chi connectivity index (χ4n) is 1.79. The zero-order valence-corrected chi connectivity index (χ0v) is 11.2. The summed E-state index contributed by atoms with van der Waals surface area (Å²) in [4.78, 5) is 15.9. The van der Waals surface area contributed by atoms with E-state index in [9.17, 15) is 18.0 Å². The molecule has 2 aromatic rings. The Hall–Kier alpha value is -2.37. The second kappa shape index (κ2) is 5.95. The summed E-state index contributed by atoms with van der Waals surface area (Å²) in [5, 5.41) is 2.63. The lowest BCUT2D eigenvalue weighted by atomic mass is 10.1. The molecule has 0 fully saturated rings. The maximum atomic E-state index is 12.4. The Kier molecular flexibility index (Phi) is 4.26. The second-order valence-electron chi connectivity index (χ2n) is 4.59. The van der Waals surface area contributed by atoms with E-state index in [0.717, 1.165) is 17.7 Å². The largest absolute Gasteiger partial charge is 0.416 e. The third kappa shape index (κ3) is 4.05. The van der Waals surface area contributed by atoms with Crippen LogP contribution in [0.5, 0.6) is 0 Å². The van der Waals surface area contributed by atoms with Gasteiger partial charge in [-0.15, -0.1) is 0 Å². The second-order valence-corrected chi connectivity index (χ2v) is 4.59. The van der Waals surface area contributed by atoms with Crippen LogP contribution in [0.15, 0.2) is 42.6 Å². The number of carbonyl (C=O) groups excluding carboxylic acids is 1. The Labute approximate surface area is 119 Å². The molecule has 1 heterocycles. The molecule has 0 aliphatic carbocycles. The van der Waals surface area contributed by atoms with Gasteiger partial charge in [0, 0.05) is 6.20 Å². The van der Waals surface area contributed by atoms with Crippen LogP contribution >= 0.6 is 0 Å². The third-order valence-corrected chi connectivity index (χ3v) is 2.91. The number of nitrogens with zero attached hydrogens (tertiary/aromatic N) is 1. The highest BCUT2D eigenvalue weighted by atomic mass is 19.4. The quantitative estimate of drug-likeness (QED) is 0.940. The van der Waals surface area contributed by atoms with Gasteiger partial charge in [0.15, 0.2) is 0 Å². The van der Waals surface area contributed by atoms with Gasteiger partial charge in [0.25, 0.3) is 0 Å². The number of carbonyl (C=O) groups is 1. The summed E-state index contributed by atoms with van der Waals surface area (Å²) in [5.74, 6) is 0.131. The van der Waals surface area contributed by atoms with Crippen molar-refractivity contribution in [2.75, 3.05) is 5.32 Å². The topological polar surface area (TPSA) is 42.0 Å². The molecule has 0 radical (unpaired) electrons. The molecule has 1 aromatic carbocycles. The van der Waals surface area contributed by atoms with Crippen LogP contribution in [0, 0.1) is 6.92 Å². The minimum atomic E-state index is -4.37. The SMILES string of the molecule is Cc1cccnc1NC(=O)Cc1ccc(C(F)(F)F)cc1. The lowest BCUT2D eigenvalue weighted by Crippen LogP contribution is -2.16. The first-order valence-electron chi connectivity index (χ1n) is 6.24. The number of hydrogen-bond acceptors (Lipinski definition) is 2. The summed E-state index contributed by atoms with van der Waals surface area (Å²) in [6.07, 6.45) is -2.82. The molecular formula is C15H13F3N2O. The predicted molar refractivity (Wildman–Crippen MR) is 72.8 cm³/mol. The first-order valence-corrected chi connectivity index (χ1v) is 6.24. The van der Waals surface area contributed by atoms with Crippen LogP contribution in [0.3, 0.4) is 0 Å². The smallest absolute Gasteiger partial charge is 0.310 e. The number of aryl methyl sites for hydroxylation is 1. The van der Waals surface area contributed by atoms with Crippen LogP contribution in [0.25, 0.3) is 0 Å². The number of pyridine rings is 1. The molecule has 110 valence electrons. The molecular weight excluding hydrogens is 281 g/mol. The van der Waals surface area contributed by atoms with Crippen molar-refractivity contribution in [2.24, 2.45) is 0 Å². The van der Waals surface area contributed by atoms with Gasteiger partial charge < -0.3 is 5.32 Å². The normalized spacial score (nSPS) is 11.2. The van der Waals surface area contributed by atoms with E-state index in [1.54, 1.807) is 25.3 Å². The van der Waals surface area contributed by atoms with E-state index in [1.165, 1.54) is 12.1 Å². The Bertz CT molecular complexity index is 636. The third-order valence-electron chi connectivity index (χ3n) is 2.91. The van der Waals surface area contributed by atoms with Crippen molar-refractivity contribution < 1.29 is 18.0 Å². The fourth-order valence-corrected chi connectivity index (χ4v) is 1.79. The minimum absolute atomic E-state index is 0.00580. The molecule has 0 aliphatic rings. The predicted octanol–water partition coefficient (Wildman–Crippen LogP) is 3.59. The van der Waals surface area contributed by atoms with Gasteiger partial charge in [-0.25, -0.2) is 4.98 Å². The molecule has 21 heavy (non-hydrogen) atoms. The summed E-state index contributed by atoms with van der Waals surface area (Å²) in [6.45, 7) is 1.81. The van der Waals surface area contributed by atoms with E-state index in [2.05, 4.69) is 10.3 Å². The Morgan fingerprint density at radius 2 is 1.86 bits per heavy atom. The van der Waals surface area contributed by atoms with Crippen LogP contribution in [0.4, 0.5) is 19.0 Å². The molecule has 1 amide bonds. The first kappa shape index (κ1) is 15.0. The van der Waals surface area contributed by atoms with Gasteiger partial charge >= 0.3 is 6.18 Å². The molecule has 2 rings (SSSR count). The van der Waals surface area contributed by atoms with E-state index >= 15 is 0 Å². The van der Waals surface area contributed by atoms with Gasteiger partial charge in [0.05, 0.1) is 12.0 Å². The van der Waals surface area contributed by atoms with E-state index in [4.69, 9.17) is 0 Å². The summed E-state index contributed by atoms with van der Waals surface area (Å²) in [7, 11) is 0. The number of benzene rings is 1. The first-order chi connectivity index (χ1) is 9.86. The molecule has 0 bridgehead atoms. The molecule has 0 atom stereocenters. The zero-order chi connectivity index (χ0) is 15.5. The molecule has 0 saturated heterocycles. The van der Waals surface area contributed by atoms with Crippen molar-refractivity contribution in [3.05, 3.63) is 59.3 Å². The molecule has 0 aliphatic heterocycles. The van der Waals surface area contributed by atoms with Gasteiger partial charge in [-0.05, 0) is 36.2 Å². The van der Waals surface area contributed by atoms with Gasteiger partial charge in [0.1, 0.15) is 5.82 Å². The van der Waals surface area contributed by atoms with Crippen LogP contribution < -0.4 is 5.32 Å². The van der Waals surface area contributed by atoms with Crippen molar-refractivity contribution in [1.29, 1.82) is 0 Å². The van der Waals surface area contributed by atoms with Crippen molar-refractivity contribution in [2.45, 2.75) is 19.5 Å². The Morgan fingerprint density at radius 3 is 2.43 bits per heavy atom. The number of amides is 1. The average Bonchev–Trinajstić information content (AvgIpc) is 2.41. The number of rotatable bonds is 3. The van der Waals surface area contributed by atoms with Crippen molar-refractivity contribution in [1.82, 2.24) is 4.98 Å². The summed E-state index contributed by atoms with van der Waals surface area (Å²) >= 11 is 0. The molecule has 0 saturated carbocycles. The number of aromatic nitrogens is 1. The van der Waals surface area contributed by atoms with Gasteiger partial charge in [0.2, 0.25) is 5.91 Å². The number of alkyl halides is 3. The summed E-state index contributed by atoms with van der Waals surface area (Å²) in [5.41, 5.74) is 0.597. The maximum Gasteiger partial charge on any atom is 0.416 e. The Balaban J connectivity index is 2.02. The van der Waals surface area contributed by atoms with E-state index in [1.807, 2.05) is 0 Å². The van der Waals surface area contributed by atoms with Crippen molar-refractivity contribution in [3.63, 3.8) is 0 Å². The van der Waals surface area contributed by atoms with Gasteiger partial charge in [-0.3, -0.25) is 4.79 Å². The maximum absolute atomic E-state index is 12.4. The molecule has 1 N–H and O–H groups in total. The van der Waals surface area contributed by atoms with Crippen LogP contribution in [-0.4, -0.2) is 10.9 Å². The molecule has 6 heteroatoms. The minimum Gasteiger partial charge on any atom is -0.310 e. The van der Waals surface area contributed by atoms with E-state index in [0.29, 0.717) is 11.4 Å². The average molecular weight is 294 g/mol. The zero-order valence-electron chi connectivity index (χ0n) is 11.2. The van der Waals surface area contributed by atoms with Gasteiger partial charge in [-0.2, -0.15) is 13.2 Å². The lowest BCUT2D eigenvalue weighted by molar-refractivity contribution is -0.137. The van der Waals surface area contributed by atoms with Crippen LogP contribution in [0.1, 0.15) is 16.7 Å². The monoisotopic (exact) mass is 294 g/mol.